The van der Waals surface area contributed by atoms with Crippen LogP contribution in [0.5, 0.6) is 0 Å². The highest BCUT2D eigenvalue weighted by Crippen LogP contribution is 2.21. The van der Waals surface area contributed by atoms with Gasteiger partial charge in [-0.3, -0.25) is 9.59 Å². The summed E-state index contributed by atoms with van der Waals surface area (Å²) in [6, 6.07) is 5.92. The maximum atomic E-state index is 12.0. The van der Waals surface area contributed by atoms with E-state index in [1.807, 2.05) is 32.0 Å². The van der Waals surface area contributed by atoms with Crippen LogP contribution in [0.3, 0.4) is 0 Å². The standard InChI is InChI=1S/C17H26N2O2/c1-5-6-7-10-18-17(21)12-19(15(4)20)16-11-13(2)8-9-14(16)3/h8-9,11H,5-7,10,12H2,1-4H3,(H,18,21). The summed E-state index contributed by atoms with van der Waals surface area (Å²) in [4.78, 5) is 25.4. The molecule has 21 heavy (non-hydrogen) atoms. The van der Waals surface area contributed by atoms with E-state index in [2.05, 4.69) is 12.2 Å². The average Bonchev–Trinajstić information content (AvgIpc) is 2.43. The van der Waals surface area contributed by atoms with E-state index in [1.54, 1.807) is 0 Å². The fourth-order valence-corrected chi connectivity index (χ4v) is 2.18. The largest absolute Gasteiger partial charge is 0.355 e. The molecule has 0 aliphatic heterocycles. The second-order valence-electron chi connectivity index (χ2n) is 5.45. The Morgan fingerprint density at radius 2 is 1.90 bits per heavy atom. The monoisotopic (exact) mass is 290 g/mol. The van der Waals surface area contributed by atoms with Crippen molar-refractivity contribution in [2.45, 2.75) is 47.0 Å². The average molecular weight is 290 g/mol. The Hall–Kier alpha value is -1.84. The zero-order valence-electron chi connectivity index (χ0n) is 13.5. The lowest BCUT2D eigenvalue weighted by atomic mass is 10.1. The second kappa shape index (κ2) is 8.45. The molecule has 0 atom stereocenters. The Bertz CT molecular complexity index is 498. The van der Waals surface area contributed by atoms with Gasteiger partial charge >= 0.3 is 0 Å². The maximum absolute atomic E-state index is 12.0. The number of carbonyl (C=O) groups is 2. The number of unbranched alkanes of at least 4 members (excludes halogenated alkanes) is 2. The summed E-state index contributed by atoms with van der Waals surface area (Å²) >= 11 is 0. The molecule has 1 N–H and O–H groups in total. The topological polar surface area (TPSA) is 49.4 Å². The summed E-state index contributed by atoms with van der Waals surface area (Å²) in [6.45, 7) is 8.29. The number of hydrogen-bond donors (Lipinski definition) is 1. The van der Waals surface area contributed by atoms with Crippen molar-refractivity contribution in [3.63, 3.8) is 0 Å². The zero-order chi connectivity index (χ0) is 15.8. The lowest BCUT2D eigenvalue weighted by molar-refractivity contribution is -0.123. The molecule has 4 nitrogen and oxygen atoms in total. The van der Waals surface area contributed by atoms with Crippen molar-refractivity contribution in [2.75, 3.05) is 18.0 Å². The quantitative estimate of drug-likeness (QED) is 0.785. The van der Waals surface area contributed by atoms with Gasteiger partial charge in [0.2, 0.25) is 11.8 Å². The number of anilines is 1. The Morgan fingerprint density at radius 3 is 2.52 bits per heavy atom. The Balaban J connectivity index is 2.72. The van der Waals surface area contributed by atoms with Gasteiger partial charge in [0.05, 0.1) is 0 Å². The second-order valence-corrected chi connectivity index (χ2v) is 5.45. The van der Waals surface area contributed by atoms with Crippen LogP contribution in [0.15, 0.2) is 18.2 Å². The predicted octanol–water partition coefficient (Wildman–Crippen LogP) is 2.96. The number of carbonyl (C=O) groups excluding carboxylic acids is 2. The van der Waals surface area contributed by atoms with Gasteiger partial charge in [-0.1, -0.05) is 31.9 Å². The number of hydrogen-bond acceptors (Lipinski definition) is 2. The number of nitrogens with zero attached hydrogens (tertiary/aromatic N) is 1. The SMILES string of the molecule is CCCCCNC(=O)CN(C(C)=O)c1cc(C)ccc1C. The first kappa shape index (κ1) is 17.2. The van der Waals surface area contributed by atoms with Crippen molar-refractivity contribution in [2.24, 2.45) is 0 Å². The van der Waals surface area contributed by atoms with Gasteiger partial charge in [0.1, 0.15) is 6.54 Å². The molecule has 0 spiro atoms. The van der Waals surface area contributed by atoms with Gasteiger partial charge in [0.25, 0.3) is 0 Å². The van der Waals surface area contributed by atoms with E-state index >= 15 is 0 Å². The molecule has 1 rings (SSSR count). The fourth-order valence-electron chi connectivity index (χ4n) is 2.18. The smallest absolute Gasteiger partial charge is 0.240 e. The fraction of sp³-hybridized carbons (Fsp3) is 0.529. The van der Waals surface area contributed by atoms with Crippen molar-refractivity contribution >= 4 is 17.5 Å². The summed E-state index contributed by atoms with van der Waals surface area (Å²) < 4.78 is 0. The lowest BCUT2D eigenvalue weighted by Gasteiger charge is -2.23. The Labute approximate surface area is 127 Å². The first-order chi connectivity index (χ1) is 9.95. The van der Waals surface area contributed by atoms with E-state index in [-0.39, 0.29) is 18.4 Å². The van der Waals surface area contributed by atoms with Crippen molar-refractivity contribution in [1.29, 1.82) is 0 Å². The van der Waals surface area contributed by atoms with Gasteiger partial charge in [0.15, 0.2) is 0 Å². The number of benzene rings is 1. The highest BCUT2D eigenvalue weighted by Gasteiger charge is 2.17. The van der Waals surface area contributed by atoms with E-state index in [1.165, 1.54) is 11.8 Å². The van der Waals surface area contributed by atoms with Crippen LogP contribution >= 0.6 is 0 Å². The third kappa shape index (κ3) is 5.58. The summed E-state index contributed by atoms with van der Waals surface area (Å²) in [5.41, 5.74) is 2.88. The minimum Gasteiger partial charge on any atom is -0.355 e. The van der Waals surface area contributed by atoms with E-state index in [0.717, 1.165) is 36.1 Å². The van der Waals surface area contributed by atoms with Crippen LogP contribution in [0.25, 0.3) is 0 Å². The van der Waals surface area contributed by atoms with Crippen LogP contribution in [0, 0.1) is 13.8 Å². The Kier molecular flexibility index (Phi) is 6.92. The number of rotatable bonds is 7. The van der Waals surface area contributed by atoms with E-state index in [0.29, 0.717) is 6.54 Å². The molecule has 0 aliphatic carbocycles. The predicted molar refractivity (Wildman–Crippen MR) is 86.5 cm³/mol. The number of aryl methyl sites for hydroxylation is 2. The molecule has 2 amide bonds. The summed E-state index contributed by atoms with van der Waals surface area (Å²) in [5.74, 6) is -0.227. The molecule has 0 saturated carbocycles. The molecule has 0 saturated heterocycles. The molecule has 4 heteroatoms. The molecular weight excluding hydrogens is 264 g/mol. The molecule has 0 fully saturated rings. The number of amides is 2. The van der Waals surface area contributed by atoms with Crippen LogP contribution in [0.1, 0.15) is 44.2 Å². The third-order valence-corrected chi connectivity index (χ3v) is 3.44. The van der Waals surface area contributed by atoms with Crippen molar-refractivity contribution in [1.82, 2.24) is 5.32 Å². The van der Waals surface area contributed by atoms with Gasteiger partial charge in [-0.15, -0.1) is 0 Å². The number of nitrogens with one attached hydrogen (secondary N) is 1. The summed E-state index contributed by atoms with van der Waals surface area (Å²) in [5, 5.41) is 2.87. The van der Waals surface area contributed by atoms with Gasteiger partial charge < -0.3 is 10.2 Å². The van der Waals surface area contributed by atoms with Crippen LogP contribution in [-0.4, -0.2) is 24.9 Å². The van der Waals surface area contributed by atoms with Crippen LogP contribution in [0.2, 0.25) is 0 Å². The molecule has 0 aromatic heterocycles. The Morgan fingerprint density at radius 1 is 1.19 bits per heavy atom. The molecule has 0 bridgehead atoms. The minimum absolute atomic E-state index is 0.0752. The third-order valence-electron chi connectivity index (χ3n) is 3.44. The van der Waals surface area contributed by atoms with Crippen LogP contribution in [-0.2, 0) is 9.59 Å². The molecule has 1 aromatic carbocycles. The van der Waals surface area contributed by atoms with Crippen molar-refractivity contribution in [3.05, 3.63) is 29.3 Å². The highest BCUT2D eigenvalue weighted by molar-refractivity contribution is 5.98. The first-order valence-corrected chi connectivity index (χ1v) is 7.57. The van der Waals surface area contributed by atoms with E-state index < -0.39 is 0 Å². The highest BCUT2D eigenvalue weighted by atomic mass is 16.2. The summed E-state index contributed by atoms with van der Waals surface area (Å²) in [7, 11) is 0. The normalized spacial score (nSPS) is 10.3. The van der Waals surface area contributed by atoms with Crippen molar-refractivity contribution < 1.29 is 9.59 Å². The van der Waals surface area contributed by atoms with Gasteiger partial charge in [-0.25, -0.2) is 0 Å². The molecule has 116 valence electrons. The van der Waals surface area contributed by atoms with E-state index in [9.17, 15) is 9.59 Å². The zero-order valence-corrected chi connectivity index (χ0v) is 13.5. The molecule has 0 radical (unpaired) electrons. The van der Waals surface area contributed by atoms with Crippen molar-refractivity contribution in [3.8, 4) is 0 Å². The summed E-state index contributed by atoms with van der Waals surface area (Å²) in [6.07, 6.45) is 3.21. The lowest BCUT2D eigenvalue weighted by Crippen LogP contribution is -2.40. The maximum Gasteiger partial charge on any atom is 0.240 e. The van der Waals surface area contributed by atoms with Crippen LogP contribution < -0.4 is 10.2 Å². The molecule has 1 aromatic rings. The molecule has 0 unspecified atom stereocenters. The van der Waals surface area contributed by atoms with Gasteiger partial charge in [-0.2, -0.15) is 0 Å². The first-order valence-electron chi connectivity index (χ1n) is 7.57. The molecule has 0 heterocycles. The van der Waals surface area contributed by atoms with Gasteiger partial charge in [-0.05, 0) is 37.5 Å². The minimum atomic E-state index is -0.118. The molecular formula is C17H26N2O2. The van der Waals surface area contributed by atoms with Crippen LogP contribution in [0.4, 0.5) is 5.69 Å². The van der Waals surface area contributed by atoms with E-state index in [4.69, 9.17) is 0 Å². The molecule has 0 aliphatic rings. The van der Waals surface area contributed by atoms with Gasteiger partial charge in [0, 0.05) is 19.2 Å².